The molecule has 1 N–H and O–H groups in total. The summed E-state index contributed by atoms with van der Waals surface area (Å²) in [4.78, 5) is 2.26. The van der Waals surface area contributed by atoms with Crippen molar-refractivity contribution in [1.82, 2.24) is 5.32 Å². The van der Waals surface area contributed by atoms with Crippen molar-refractivity contribution in [3.05, 3.63) is 28.5 Å². The van der Waals surface area contributed by atoms with Crippen LogP contribution in [0.2, 0.25) is 0 Å². The Bertz CT molecular complexity index is 382. The number of nitrogens with zero attached hydrogens (tertiary/aromatic N) is 1. The Morgan fingerprint density at radius 3 is 3.06 bits per heavy atom. The summed E-state index contributed by atoms with van der Waals surface area (Å²) in [5.74, 6) is -0.187. The Hall–Kier alpha value is -0.610. The van der Waals surface area contributed by atoms with Crippen LogP contribution in [-0.2, 0) is 0 Å². The van der Waals surface area contributed by atoms with E-state index < -0.39 is 0 Å². The molecule has 1 aliphatic heterocycles. The number of halogens is 2. The first-order valence-electron chi connectivity index (χ1n) is 6.14. The normalized spacial score (nSPS) is 20.6. The number of anilines is 1. The zero-order valence-corrected chi connectivity index (χ0v) is 11.6. The van der Waals surface area contributed by atoms with Crippen molar-refractivity contribution < 1.29 is 4.39 Å². The Labute approximate surface area is 110 Å². The van der Waals surface area contributed by atoms with Crippen LogP contribution in [-0.4, -0.2) is 25.7 Å². The Kier molecular flexibility index (Phi) is 4.40. The predicted octanol–water partition coefficient (Wildman–Crippen LogP) is 3.17. The highest BCUT2D eigenvalue weighted by Crippen LogP contribution is 2.23. The minimum atomic E-state index is -0.187. The van der Waals surface area contributed by atoms with Crippen LogP contribution in [0, 0.1) is 5.82 Å². The molecule has 1 aromatic carbocycles. The lowest BCUT2D eigenvalue weighted by atomic mass is 10.1. The van der Waals surface area contributed by atoms with Gasteiger partial charge >= 0.3 is 0 Å². The van der Waals surface area contributed by atoms with Gasteiger partial charge in [0, 0.05) is 31.4 Å². The zero-order valence-electron chi connectivity index (χ0n) is 10.0. The average Bonchev–Trinajstić information content (AvgIpc) is 2.33. The molecule has 0 bridgehead atoms. The van der Waals surface area contributed by atoms with Crippen LogP contribution >= 0.6 is 15.9 Å². The van der Waals surface area contributed by atoms with Gasteiger partial charge in [-0.3, -0.25) is 0 Å². The Morgan fingerprint density at radius 1 is 1.53 bits per heavy atom. The first-order valence-corrected chi connectivity index (χ1v) is 6.93. The zero-order chi connectivity index (χ0) is 12.3. The van der Waals surface area contributed by atoms with Gasteiger partial charge in [0.2, 0.25) is 0 Å². The van der Waals surface area contributed by atoms with Gasteiger partial charge in [-0.1, -0.05) is 13.3 Å². The largest absolute Gasteiger partial charge is 0.369 e. The molecule has 0 radical (unpaired) electrons. The number of piperazine rings is 1. The Morgan fingerprint density at radius 2 is 2.35 bits per heavy atom. The number of benzene rings is 1. The molecule has 0 aromatic heterocycles. The number of rotatable bonds is 3. The lowest BCUT2D eigenvalue weighted by Crippen LogP contribution is -2.50. The van der Waals surface area contributed by atoms with Crippen molar-refractivity contribution in [3.63, 3.8) is 0 Å². The van der Waals surface area contributed by atoms with Crippen LogP contribution in [0.5, 0.6) is 0 Å². The molecule has 2 nitrogen and oxygen atoms in total. The van der Waals surface area contributed by atoms with Crippen LogP contribution in [0.4, 0.5) is 10.1 Å². The third kappa shape index (κ3) is 3.19. The van der Waals surface area contributed by atoms with Crippen LogP contribution in [0.25, 0.3) is 0 Å². The maximum atomic E-state index is 13.5. The van der Waals surface area contributed by atoms with Gasteiger partial charge < -0.3 is 10.2 Å². The van der Waals surface area contributed by atoms with E-state index in [2.05, 4.69) is 33.1 Å². The molecule has 1 saturated heterocycles. The standard InChI is InChI=1S/C13H18BrFN2/c1-2-3-10-9-17(7-6-16-10)11-4-5-12(14)13(15)8-11/h4-5,8,10,16H,2-3,6-7,9H2,1H3. The molecule has 0 amide bonds. The van der Waals surface area contributed by atoms with Crippen molar-refractivity contribution in [3.8, 4) is 0 Å². The molecule has 1 aliphatic rings. The highest BCUT2D eigenvalue weighted by Gasteiger charge is 2.19. The molecule has 2 rings (SSSR count). The van der Waals surface area contributed by atoms with E-state index in [1.165, 1.54) is 12.8 Å². The minimum absolute atomic E-state index is 0.187. The average molecular weight is 301 g/mol. The fourth-order valence-corrected chi connectivity index (χ4v) is 2.53. The number of nitrogens with one attached hydrogen (secondary N) is 1. The molecule has 17 heavy (non-hydrogen) atoms. The van der Waals surface area contributed by atoms with E-state index in [-0.39, 0.29) is 5.82 Å². The molecule has 1 atom stereocenters. The fraction of sp³-hybridized carbons (Fsp3) is 0.538. The third-order valence-electron chi connectivity index (χ3n) is 3.16. The first kappa shape index (κ1) is 12.8. The van der Waals surface area contributed by atoms with Gasteiger partial charge in [-0.25, -0.2) is 4.39 Å². The second kappa shape index (κ2) is 5.83. The summed E-state index contributed by atoms with van der Waals surface area (Å²) >= 11 is 3.18. The molecule has 0 saturated carbocycles. The van der Waals surface area contributed by atoms with Gasteiger partial charge in [-0.05, 0) is 40.5 Å². The van der Waals surface area contributed by atoms with E-state index in [1.54, 1.807) is 12.1 Å². The predicted molar refractivity (Wildman–Crippen MR) is 73.0 cm³/mol. The van der Waals surface area contributed by atoms with Crippen LogP contribution in [0.15, 0.2) is 22.7 Å². The van der Waals surface area contributed by atoms with Gasteiger partial charge in [0.05, 0.1) is 4.47 Å². The van der Waals surface area contributed by atoms with Gasteiger partial charge in [-0.2, -0.15) is 0 Å². The van der Waals surface area contributed by atoms with Crippen LogP contribution in [0.3, 0.4) is 0 Å². The quantitative estimate of drug-likeness (QED) is 0.922. The molecule has 4 heteroatoms. The van der Waals surface area contributed by atoms with Crippen molar-refractivity contribution in [2.75, 3.05) is 24.5 Å². The van der Waals surface area contributed by atoms with Crippen LogP contribution in [0.1, 0.15) is 19.8 Å². The van der Waals surface area contributed by atoms with E-state index in [0.717, 1.165) is 25.3 Å². The van der Waals surface area contributed by atoms with Gasteiger partial charge in [0.1, 0.15) is 5.82 Å². The van der Waals surface area contributed by atoms with Gasteiger partial charge in [0.15, 0.2) is 0 Å². The number of hydrogen-bond donors (Lipinski definition) is 1. The van der Waals surface area contributed by atoms with Crippen molar-refractivity contribution in [2.45, 2.75) is 25.8 Å². The summed E-state index contributed by atoms with van der Waals surface area (Å²) in [7, 11) is 0. The summed E-state index contributed by atoms with van der Waals surface area (Å²) in [6.07, 6.45) is 2.36. The van der Waals surface area contributed by atoms with E-state index in [9.17, 15) is 4.39 Å². The smallest absolute Gasteiger partial charge is 0.139 e. The molecule has 0 aliphatic carbocycles. The van der Waals surface area contributed by atoms with Crippen molar-refractivity contribution in [2.24, 2.45) is 0 Å². The monoisotopic (exact) mass is 300 g/mol. The number of hydrogen-bond acceptors (Lipinski definition) is 2. The fourth-order valence-electron chi connectivity index (χ4n) is 2.28. The van der Waals surface area contributed by atoms with Crippen molar-refractivity contribution in [1.29, 1.82) is 0 Å². The van der Waals surface area contributed by atoms with E-state index in [0.29, 0.717) is 10.5 Å². The summed E-state index contributed by atoms with van der Waals surface area (Å²) in [6, 6.07) is 5.89. The lowest BCUT2D eigenvalue weighted by Gasteiger charge is -2.35. The van der Waals surface area contributed by atoms with E-state index in [4.69, 9.17) is 0 Å². The molecule has 1 aromatic rings. The summed E-state index contributed by atoms with van der Waals surface area (Å²) in [5, 5.41) is 3.50. The topological polar surface area (TPSA) is 15.3 Å². The summed E-state index contributed by atoms with van der Waals surface area (Å²) in [5.41, 5.74) is 0.980. The van der Waals surface area contributed by atoms with Crippen molar-refractivity contribution >= 4 is 21.6 Å². The van der Waals surface area contributed by atoms with Crippen LogP contribution < -0.4 is 10.2 Å². The van der Waals surface area contributed by atoms with E-state index >= 15 is 0 Å². The molecule has 94 valence electrons. The Balaban J connectivity index is 2.08. The van der Waals surface area contributed by atoms with E-state index in [1.807, 2.05) is 6.07 Å². The summed E-state index contributed by atoms with van der Waals surface area (Å²) < 4.78 is 14.0. The molecule has 1 fully saturated rings. The molecule has 1 unspecified atom stereocenters. The van der Waals surface area contributed by atoms with Gasteiger partial charge in [-0.15, -0.1) is 0 Å². The molecular weight excluding hydrogens is 283 g/mol. The minimum Gasteiger partial charge on any atom is -0.369 e. The first-order chi connectivity index (χ1) is 8.20. The summed E-state index contributed by atoms with van der Waals surface area (Å²) in [6.45, 7) is 5.08. The second-order valence-corrected chi connectivity index (χ2v) is 5.34. The lowest BCUT2D eigenvalue weighted by molar-refractivity contribution is 0.430. The maximum absolute atomic E-state index is 13.5. The molecule has 1 heterocycles. The highest BCUT2D eigenvalue weighted by atomic mass is 79.9. The maximum Gasteiger partial charge on any atom is 0.139 e. The van der Waals surface area contributed by atoms with Gasteiger partial charge in [0.25, 0.3) is 0 Å². The molecule has 0 spiro atoms. The second-order valence-electron chi connectivity index (χ2n) is 4.48. The highest BCUT2D eigenvalue weighted by molar-refractivity contribution is 9.10. The molecular formula is C13H18BrFN2. The SMILES string of the molecule is CCCC1CN(c2ccc(Br)c(F)c2)CCN1. The third-order valence-corrected chi connectivity index (χ3v) is 3.80.